The van der Waals surface area contributed by atoms with Crippen molar-refractivity contribution in [3.63, 3.8) is 0 Å². The number of nitrogens with one attached hydrogen (secondary N) is 1. The molecule has 2 amide bonds. The second kappa shape index (κ2) is 10.1. The zero-order valence-corrected chi connectivity index (χ0v) is 16.2. The summed E-state index contributed by atoms with van der Waals surface area (Å²) in [7, 11) is 0. The number of hydrogen-bond acceptors (Lipinski definition) is 5. The predicted molar refractivity (Wildman–Crippen MR) is 103 cm³/mol. The van der Waals surface area contributed by atoms with Crippen LogP contribution < -0.4 is 11.1 Å². The molecule has 1 unspecified atom stereocenters. The van der Waals surface area contributed by atoms with Gasteiger partial charge in [-0.25, -0.2) is 9.07 Å². The molecular formula is C18H24ClFN6O2. The minimum atomic E-state index is -0.323. The van der Waals surface area contributed by atoms with Gasteiger partial charge in [-0.15, -0.1) is 17.5 Å². The van der Waals surface area contributed by atoms with Crippen molar-refractivity contribution in [3.8, 4) is 0 Å². The highest BCUT2D eigenvalue weighted by molar-refractivity contribution is 5.92. The number of carbonyl (C=O) groups excluding carboxylic acids is 2. The molecule has 8 nitrogen and oxygen atoms in total. The number of benzene rings is 1. The third kappa shape index (κ3) is 5.49. The molecule has 1 aliphatic heterocycles. The molecule has 3 rings (SSSR count). The lowest BCUT2D eigenvalue weighted by Gasteiger charge is -2.31. The zero-order chi connectivity index (χ0) is 19.2. The van der Waals surface area contributed by atoms with Crippen molar-refractivity contribution < 1.29 is 14.0 Å². The number of hydrogen-bond donors (Lipinski definition) is 2. The SMILES string of the molecule is Cl.NCCNC(=O)C1CCCN(C(=O)c2cn(Cc3cccc(F)c3)nn2)C1. The molecule has 152 valence electrons. The fourth-order valence-corrected chi connectivity index (χ4v) is 3.17. The molecule has 1 atom stereocenters. The Kier molecular flexibility index (Phi) is 7.89. The van der Waals surface area contributed by atoms with E-state index >= 15 is 0 Å². The topological polar surface area (TPSA) is 106 Å². The molecule has 1 aromatic heterocycles. The van der Waals surface area contributed by atoms with Gasteiger partial charge >= 0.3 is 0 Å². The maximum absolute atomic E-state index is 13.3. The summed E-state index contributed by atoms with van der Waals surface area (Å²) in [6.07, 6.45) is 3.04. The highest BCUT2D eigenvalue weighted by Crippen LogP contribution is 2.18. The van der Waals surface area contributed by atoms with Crippen LogP contribution in [0.25, 0.3) is 0 Å². The minimum absolute atomic E-state index is 0. The summed E-state index contributed by atoms with van der Waals surface area (Å²) in [6.45, 7) is 2.07. The van der Waals surface area contributed by atoms with Crippen LogP contribution in [0.1, 0.15) is 28.9 Å². The number of nitrogens with two attached hydrogens (primary N) is 1. The molecule has 2 heterocycles. The van der Waals surface area contributed by atoms with Gasteiger partial charge in [-0.1, -0.05) is 17.3 Å². The van der Waals surface area contributed by atoms with E-state index in [4.69, 9.17) is 5.73 Å². The molecule has 1 aromatic carbocycles. The normalized spacial score (nSPS) is 16.4. The number of carbonyl (C=O) groups is 2. The first-order valence-electron chi connectivity index (χ1n) is 8.98. The number of aromatic nitrogens is 3. The summed E-state index contributed by atoms with van der Waals surface area (Å²) in [5, 5.41) is 10.7. The number of rotatable bonds is 6. The first-order valence-corrected chi connectivity index (χ1v) is 8.98. The van der Waals surface area contributed by atoms with Crippen LogP contribution in [0.4, 0.5) is 4.39 Å². The van der Waals surface area contributed by atoms with E-state index in [-0.39, 0.29) is 41.7 Å². The molecule has 0 radical (unpaired) electrons. The van der Waals surface area contributed by atoms with Gasteiger partial charge in [0.05, 0.1) is 18.7 Å². The maximum atomic E-state index is 13.3. The Morgan fingerprint density at radius 3 is 2.93 bits per heavy atom. The lowest BCUT2D eigenvalue weighted by atomic mass is 9.97. The van der Waals surface area contributed by atoms with Crippen molar-refractivity contribution in [1.29, 1.82) is 0 Å². The second-order valence-corrected chi connectivity index (χ2v) is 6.60. The highest BCUT2D eigenvalue weighted by atomic mass is 35.5. The summed E-state index contributed by atoms with van der Waals surface area (Å²) >= 11 is 0. The Balaban J connectivity index is 0.00000280. The molecule has 10 heteroatoms. The Bertz CT molecular complexity index is 815. The van der Waals surface area contributed by atoms with E-state index in [9.17, 15) is 14.0 Å². The van der Waals surface area contributed by atoms with Gasteiger partial charge in [0.1, 0.15) is 5.82 Å². The Labute approximate surface area is 168 Å². The lowest BCUT2D eigenvalue weighted by molar-refractivity contribution is -0.126. The molecule has 1 aliphatic rings. The molecule has 0 bridgehead atoms. The van der Waals surface area contributed by atoms with Crippen molar-refractivity contribution in [2.45, 2.75) is 19.4 Å². The van der Waals surface area contributed by atoms with Crippen molar-refractivity contribution in [3.05, 3.63) is 47.5 Å². The Hall–Kier alpha value is -2.52. The van der Waals surface area contributed by atoms with Gasteiger partial charge in [-0.3, -0.25) is 9.59 Å². The van der Waals surface area contributed by atoms with Crippen LogP contribution in [0.3, 0.4) is 0 Å². The standard InChI is InChI=1S/C18H23FN6O2.ClH/c19-15-5-1-3-13(9-15)10-25-12-16(22-23-25)18(27)24-8-2-4-14(11-24)17(26)21-7-6-20;/h1,3,5,9,12,14H,2,4,6-8,10-11,20H2,(H,21,26);1H. The summed E-state index contributed by atoms with van der Waals surface area (Å²) in [4.78, 5) is 26.5. The number of amides is 2. The molecule has 28 heavy (non-hydrogen) atoms. The molecule has 0 aliphatic carbocycles. The van der Waals surface area contributed by atoms with Crippen LogP contribution in [0, 0.1) is 11.7 Å². The lowest BCUT2D eigenvalue weighted by Crippen LogP contribution is -2.46. The summed E-state index contributed by atoms with van der Waals surface area (Å²) in [6, 6.07) is 6.19. The molecule has 0 spiro atoms. The zero-order valence-electron chi connectivity index (χ0n) is 15.4. The average molecular weight is 411 g/mol. The highest BCUT2D eigenvalue weighted by Gasteiger charge is 2.29. The predicted octanol–water partition coefficient (Wildman–Crippen LogP) is 0.814. The van der Waals surface area contributed by atoms with Crippen LogP contribution in [0.2, 0.25) is 0 Å². The number of halogens is 2. The van der Waals surface area contributed by atoms with Gasteiger partial charge in [-0.05, 0) is 30.5 Å². The first-order chi connectivity index (χ1) is 13.1. The molecule has 1 fully saturated rings. The fourth-order valence-electron chi connectivity index (χ4n) is 3.17. The smallest absolute Gasteiger partial charge is 0.276 e. The monoisotopic (exact) mass is 410 g/mol. The van der Waals surface area contributed by atoms with E-state index in [1.54, 1.807) is 23.2 Å². The molecular weight excluding hydrogens is 387 g/mol. The minimum Gasteiger partial charge on any atom is -0.355 e. The maximum Gasteiger partial charge on any atom is 0.276 e. The average Bonchev–Trinajstić information content (AvgIpc) is 3.14. The van der Waals surface area contributed by atoms with E-state index in [1.807, 2.05) is 0 Å². The molecule has 2 aromatic rings. The van der Waals surface area contributed by atoms with Gasteiger partial charge in [-0.2, -0.15) is 0 Å². The van der Waals surface area contributed by atoms with Gasteiger partial charge < -0.3 is 16.0 Å². The van der Waals surface area contributed by atoms with Gasteiger partial charge in [0.15, 0.2) is 5.69 Å². The van der Waals surface area contributed by atoms with E-state index in [1.165, 1.54) is 16.8 Å². The van der Waals surface area contributed by atoms with Crippen molar-refractivity contribution in [2.24, 2.45) is 11.7 Å². The van der Waals surface area contributed by atoms with Crippen LogP contribution in [0.15, 0.2) is 30.5 Å². The Morgan fingerprint density at radius 1 is 1.36 bits per heavy atom. The Morgan fingerprint density at radius 2 is 2.18 bits per heavy atom. The number of nitrogens with zero attached hydrogens (tertiary/aromatic N) is 4. The summed E-state index contributed by atoms with van der Waals surface area (Å²) in [5.74, 6) is -0.891. The van der Waals surface area contributed by atoms with Crippen LogP contribution >= 0.6 is 12.4 Å². The van der Waals surface area contributed by atoms with Gasteiger partial charge in [0.2, 0.25) is 5.91 Å². The van der Waals surface area contributed by atoms with Crippen molar-refractivity contribution in [1.82, 2.24) is 25.2 Å². The molecule has 3 N–H and O–H groups in total. The van der Waals surface area contributed by atoms with Crippen LogP contribution in [0.5, 0.6) is 0 Å². The van der Waals surface area contributed by atoms with Crippen LogP contribution in [-0.2, 0) is 11.3 Å². The molecule has 0 saturated carbocycles. The quantitative estimate of drug-likeness (QED) is 0.733. The first kappa shape index (κ1) is 21.8. The van der Waals surface area contributed by atoms with E-state index < -0.39 is 0 Å². The van der Waals surface area contributed by atoms with Crippen LogP contribution in [-0.4, -0.2) is 57.9 Å². The fraction of sp³-hybridized carbons (Fsp3) is 0.444. The van der Waals surface area contributed by atoms with Gasteiger partial charge in [0, 0.05) is 26.2 Å². The van der Waals surface area contributed by atoms with Gasteiger partial charge in [0.25, 0.3) is 5.91 Å². The second-order valence-electron chi connectivity index (χ2n) is 6.60. The largest absolute Gasteiger partial charge is 0.355 e. The number of likely N-dealkylation sites (tertiary alicyclic amines) is 1. The summed E-state index contributed by atoms with van der Waals surface area (Å²) in [5.41, 5.74) is 6.35. The summed E-state index contributed by atoms with van der Waals surface area (Å²) < 4.78 is 14.8. The van der Waals surface area contributed by atoms with E-state index in [0.29, 0.717) is 32.7 Å². The van der Waals surface area contributed by atoms with Crippen molar-refractivity contribution >= 4 is 24.2 Å². The number of piperidine rings is 1. The third-order valence-electron chi connectivity index (χ3n) is 4.51. The van der Waals surface area contributed by atoms with Crippen molar-refractivity contribution in [2.75, 3.05) is 26.2 Å². The third-order valence-corrected chi connectivity index (χ3v) is 4.51. The molecule has 1 saturated heterocycles. The van der Waals surface area contributed by atoms with E-state index in [0.717, 1.165) is 18.4 Å². The van der Waals surface area contributed by atoms with E-state index in [2.05, 4.69) is 15.6 Å².